The van der Waals surface area contributed by atoms with Crippen LogP contribution in [0.3, 0.4) is 0 Å². The van der Waals surface area contributed by atoms with Crippen LogP contribution in [0.5, 0.6) is 0 Å². The molecule has 1 rings (SSSR count). The van der Waals surface area contributed by atoms with E-state index in [0.717, 1.165) is 6.42 Å². The molecule has 0 spiro atoms. The number of carbonyl (C=O) groups is 1. The third-order valence-corrected chi connectivity index (χ3v) is 3.24. The molecule has 0 aromatic carbocycles. The van der Waals surface area contributed by atoms with Crippen LogP contribution in [0.4, 0.5) is 0 Å². The van der Waals surface area contributed by atoms with Crippen molar-refractivity contribution < 1.29 is 4.79 Å². The molecule has 1 saturated carbocycles. The van der Waals surface area contributed by atoms with Gasteiger partial charge in [0, 0.05) is 6.04 Å². The highest BCUT2D eigenvalue weighted by molar-refractivity contribution is 5.81. The zero-order chi connectivity index (χ0) is 11.3. The summed E-state index contributed by atoms with van der Waals surface area (Å²) >= 11 is 0. The van der Waals surface area contributed by atoms with Gasteiger partial charge in [-0.05, 0) is 32.1 Å². The van der Waals surface area contributed by atoms with E-state index in [0.29, 0.717) is 17.7 Å². The van der Waals surface area contributed by atoms with Crippen LogP contribution in [0.15, 0.2) is 0 Å². The summed E-state index contributed by atoms with van der Waals surface area (Å²) in [7, 11) is 0. The molecule has 15 heavy (non-hydrogen) atoms. The second kappa shape index (κ2) is 6.26. The van der Waals surface area contributed by atoms with Crippen LogP contribution in [0.1, 0.15) is 59.3 Å². The molecule has 1 aliphatic carbocycles. The fourth-order valence-corrected chi connectivity index (χ4v) is 2.38. The molecule has 2 nitrogen and oxygen atoms in total. The van der Waals surface area contributed by atoms with Crippen LogP contribution >= 0.6 is 0 Å². The van der Waals surface area contributed by atoms with Gasteiger partial charge in [-0.25, -0.2) is 0 Å². The van der Waals surface area contributed by atoms with Gasteiger partial charge in [0.05, 0.1) is 6.04 Å². The molecule has 2 heteroatoms. The van der Waals surface area contributed by atoms with Crippen molar-refractivity contribution in [3.63, 3.8) is 0 Å². The first-order chi connectivity index (χ1) is 7.09. The Hall–Kier alpha value is -0.370. The summed E-state index contributed by atoms with van der Waals surface area (Å²) in [6.45, 7) is 6.07. The van der Waals surface area contributed by atoms with Gasteiger partial charge in [-0.15, -0.1) is 0 Å². The van der Waals surface area contributed by atoms with Crippen LogP contribution in [0.2, 0.25) is 0 Å². The van der Waals surface area contributed by atoms with E-state index in [-0.39, 0.29) is 6.04 Å². The van der Waals surface area contributed by atoms with Crippen molar-refractivity contribution in [1.82, 2.24) is 5.32 Å². The molecule has 0 aromatic rings. The number of ketones is 1. The number of hydrogen-bond donors (Lipinski definition) is 1. The highest BCUT2D eigenvalue weighted by Gasteiger charge is 2.21. The first-order valence-electron chi connectivity index (χ1n) is 6.36. The molecule has 0 aromatic heterocycles. The average molecular weight is 211 g/mol. The van der Waals surface area contributed by atoms with Gasteiger partial charge in [-0.1, -0.05) is 33.1 Å². The maximum Gasteiger partial charge on any atom is 0.146 e. The fraction of sp³-hybridized carbons (Fsp3) is 0.923. The molecule has 1 fully saturated rings. The number of hydrogen-bond acceptors (Lipinski definition) is 2. The lowest BCUT2D eigenvalue weighted by molar-refractivity contribution is -0.119. The molecule has 0 heterocycles. The van der Waals surface area contributed by atoms with Crippen LogP contribution < -0.4 is 5.32 Å². The molecule has 1 atom stereocenters. The summed E-state index contributed by atoms with van der Waals surface area (Å²) < 4.78 is 0. The van der Waals surface area contributed by atoms with Crippen LogP contribution in [0.25, 0.3) is 0 Å². The molecule has 0 amide bonds. The summed E-state index contributed by atoms with van der Waals surface area (Å²) in [6, 6.07) is 0.680. The van der Waals surface area contributed by atoms with Crippen molar-refractivity contribution in [3.8, 4) is 0 Å². The molecule has 1 aliphatic rings. The van der Waals surface area contributed by atoms with Gasteiger partial charge >= 0.3 is 0 Å². The topological polar surface area (TPSA) is 29.1 Å². The highest BCUT2D eigenvalue weighted by atomic mass is 16.1. The largest absolute Gasteiger partial charge is 0.305 e. The Bertz CT molecular complexity index is 195. The van der Waals surface area contributed by atoms with E-state index in [1.807, 2.05) is 0 Å². The number of Topliss-reactive ketones (excluding diaryl/α,β-unsaturated/α-hetero) is 1. The molecule has 1 unspecified atom stereocenters. The first-order valence-corrected chi connectivity index (χ1v) is 6.36. The van der Waals surface area contributed by atoms with Gasteiger partial charge in [-0.3, -0.25) is 4.79 Å². The third kappa shape index (κ3) is 4.78. The minimum atomic E-state index is 0.0908. The Morgan fingerprint density at radius 2 is 1.87 bits per heavy atom. The molecular formula is C13H25NO. The van der Waals surface area contributed by atoms with Crippen molar-refractivity contribution in [2.45, 2.75) is 71.4 Å². The van der Waals surface area contributed by atoms with Gasteiger partial charge < -0.3 is 5.32 Å². The zero-order valence-electron chi connectivity index (χ0n) is 10.4. The SMILES string of the molecule is CC(=O)C(CC(C)C)NC1CCCCC1. The van der Waals surface area contributed by atoms with Gasteiger partial charge in [0.15, 0.2) is 0 Å². The number of nitrogens with one attached hydrogen (secondary N) is 1. The van der Waals surface area contributed by atoms with Crippen LogP contribution in [-0.2, 0) is 4.79 Å². The molecule has 0 bridgehead atoms. The van der Waals surface area contributed by atoms with E-state index in [9.17, 15) is 4.79 Å². The summed E-state index contributed by atoms with van der Waals surface area (Å²) in [5.74, 6) is 0.893. The molecule has 88 valence electrons. The molecule has 0 aliphatic heterocycles. The van der Waals surface area contributed by atoms with E-state index in [1.54, 1.807) is 6.92 Å². The molecule has 0 saturated heterocycles. The summed E-state index contributed by atoms with van der Waals surface area (Å²) in [6.07, 6.45) is 7.50. The van der Waals surface area contributed by atoms with E-state index in [2.05, 4.69) is 19.2 Å². The van der Waals surface area contributed by atoms with Crippen molar-refractivity contribution in [3.05, 3.63) is 0 Å². The maximum atomic E-state index is 11.5. The number of carbonyl (C=O) groups excluding carboxylic acids is 1. The predicted molar refractivity (Wildman–Crippen MR) is 63.9 cm³/mol. The Kier molecular flexibility index (Phi) is 5.30. The quantitative estimate of drug-likeness (QED) is 0.757. The lowest BCUT2D eigenvalue weighted by atomic mass is 9.93. The van der Waals surface area contributed by atoms with E-state index in [1.165, 1.54) is 32.1 Å². The van der Waals surface area contributed by atoms with Crippen molar-refractivity contribution in [1.29, 1.82) is 0 Å². The van der Waals surface area contributed by atoms with Crippen molar-refractivity contribution >= 4 is 5.78 Å². The smallest absolute Gasteiger partial charge is 0.146 e. The number of rotatable bonds is 5. The third-order valence-electron chi connectivity index (χ3n) is 3.24. The van der Waals surface area contributed by atoms with Gasteiger partial charge in [-0.2, -0.15) is 0 Å². The fourth-order valence-electron chi connectivity index (χ4n) is 2.38. The Labute approximate surface area is 93.8 Å². The summed E-state index contributed by atoms with van der Waals surface area (Å²) in [4.78, 5) is 11.5. The van der Waals surface area contributed by atoms with Gasteiger partial charge in [0.25, 0.3) is 0 Å². The monoisotopic (exact) mass is 211 g/mol. The predicted octanol–water partition coefficient (Wildman–Crippen LogP) is 2.91. The van der Waals surface area contributed by atoms with E-state index in [4.69, 9.17) is 0 Å². The second-order valence-corrected chi connectivity index (χ2v) is 5.29. The van der Waals surface area contributed by atoms with Gasteiger partial charge in [0.1, 0.15) is 5.78 Å². The standard InChI is InChI=1S/C13H25NO/c1-10(2)9-13(11(3)15)14-12-7-5-4-6-8-12/h10,12-14H,4-9H2,1-3H3. The lowest BCUT2D eigenvalue weighted by Crippen LogP contribution is -2.44. The van der Waals surface area contributed by atoms with Crippen LogP contribution in [0, 0.1) is 5.92 Å². The zero-order valence-corrected chi connectivity index (χ0v) is 10.4. The summed E-state index contributed by atoms with van der Waals surface area (Å²) in [5, 5.41) is 3.54. The molecule has 0 radical (unpaired) electrons. The normalized spacial score (nSPS) is 20.5. The first kappa shape index (κ1) is 12.7. The molecule has 1 N–H and O–H groups in total. The molecular weight excluding hydrogens is 186 g/mol. The van der Waals surface area contributed by atoms with Crippen molar-refractivity contribution in [2.75, 3.05) is 0 Å². The van der Waals surface area contributed by atoms with Gasteiger partial charge in [0.2, 0.25) is 0 Å². The minimum Gasteiger partial charge on any atom is -0.305 e. The van der Waals surface area contributed by atoms with E-state index >= 15 is 0 Å². The maximum absolute atomic E-state index is 11.5. The second-order valence-electron chi connectivity index (χ2n) is 5.29. The minimum absolute atomic E-state index is 0.0908. The lowest BCUT2D eigenvalue weighted by Gasteiger charge is -2.28. The Morgan fingerprint density at radius 3 is 2.33 bits per heavy atom. The summed E-state index contributed by atoms with van der Waals surface area (Å²) in [5.41, 5.74) is 0. The average Bonchev–Trinajstić information content (AvgIpc) is 2.17. The van der Waals surface area contributed by atoms with E-state index < -0.39 is 0 Å². The Morgan fingerprint density at radius 1 is 1.27 bits per heavy atom. The van der Waals surface area contributed by atoms with Crippen LogP contribution in [-0.4, -0.2) is 17.9 Å². The van der Waals surface area contributed by atoms with Crippen molar-refractivity contribution in [2.24, 2.45) is 5.92 Å². The highest BCUT2D eigenvalue weighted by Crippen LogP contribution is 2.19. The Balaban J connectivity index is 2.38.